The molecule has 0 spiro atoms. The highest BCUT2D eigenvalue weighted by atomic mass is 16.2. The number of imidazole rings is 1. The summed E-state index contributed by atoms with van der Waals surface area (Å²) in [4.78, 5) is 43.3. The molecule has 0 saturated heterocycles. The van der Waals surface area contributed by atoms with E-state index in [9.17, 15) is 14.4 Å². The molecule has 7 nitrogen and oxygen atoms in total. The molecule has 30 heavy (non-hydrogen) atoms. The van der Waals surface area contributed by atoms with Crippen molar-refractivity contribution in [2.45, 2.75) is 58.4 Å². The Kier molecular flexibility index (Phi) is 4.52. The van der Waals surface area contributed by atoms with Crippen LogP contribution in [0, 0.1) is 29.1 Å². The van der Waals surface area contributed by atoms with Gasteiger partial charge in [-0.2, -0.15) is 0 Å². The van der Waals surface area contributed by atoms with Gasteiger partial charge < -0.3 is 20.6 Å². The van der Waals surface area contributed by atoms with Gasteiger partial charge in [0.2, 0.25) is 11.8 Å². The molecule has 1 heterocycles. The van der Waals surface area contributed by atoms with E-state index in [1.54, 1.807) is 18.2 Å². The zero-order valence-corrected chi connectivity index (χ0v) is 17.6. The van der Waals surface area contributed by atoms with Crippen LogP contribution in [0.1, 0.15) is 52.4 Å². The first-order valence-electron chi connectivity index (χ1n) is 11.2. The average Bonchev–Trinajstić information content (AvgIpc) is 3.03. The van der Waals surface area contributed by atoms with E-state index in [1.807, 2.05) is 13.8 Å². The van der Waals surface area contributed by atoms with Gasteiger partial charge >= 0.3 is 5.69 Å². The van der Waals surface area contributed by atoms with E-state index in [0.29, 0.717) is 34.5 Å². The summed E-state index contributed by atoms with van der Waals surface area (Å²) in [7, 11) is 0. The number of hydrogen-bond acceptors (Lipinski definition) is 3. The summed E-state index contributed by atoms with van der Waals surface area (Å²) in [6.45, 7) is 3.91. The maximum Gasteiger partial charge on any atom is 0.323 e. The normalized spacial score (nSPS) is 30.6. The summed E-state index contributed by atoms with van der Waals surface area (Å²) in [5.41, 5.74) is 1.37. The molecule has 4 N–H and O–H groups in total. The molecular weight excluding hydrogens is 380 g/mol. The van der Waals surface area contributed by atoms with Gasteiger partial charge in [-0.3, -0.25) is 9.59 Å². The van der Waals surface area contributed by atoms with Crippen molar-refractivity contribution in [3.8, 4) is 0 Å². The lowest BCUT2D eigenvalue weighted by atomic mass is 9.49. The van der Waals surface area contributed by atoms with Crippen molar-refractivity contribution in [3.05, 3.63) is 28.7 Å². The molecule has 0 radical (unpaired) electrons. The predicted octanol–water partition coefficient (Wildman–Crippen LogP) is 3.15. The van der Waals surface area contributed by atoms with E-state index in [4.69, 9.17) is 0 Å². The van der Waals surface area contributed by atoms with Crippen LogP contribution >= 0.6 is 0 Å². The number of carbonyl (C=O) groups excluding carboxylic acids is 2. The smallest absolute Gasteiger partial charge is 0.323 e. The minimum absolute atomic E-state index is 0.0290. The Hall–Kier alpha value is -2.57. The number of carbonyl (C=O) groups is 2. The third kappa shape index (κ3) is 3.34. The van der Waals surface area contributed by atoms with Crippen molar-refractivity contribution in [1.82, 2.24) is 15.3 Å². The fraction of sp³-hybridized carbons (Fsp3) is 0.609. The van der Waals surface area contributed by atoms with Crippen molar-refractivity contribution < 1.29 is 9.59 Å². The molecule has 4 bridgehead atoms. The summed E-state index contributed by atoms with van der Waals surface area (Å²) < 4.78 is 0. The van der Waals surface area contributed by atoms with Crippen molar-refractivity contribution in [3.63, 3.8) is 0 Å². The third-order valence-electron chi connectivity index (χ3n) is 7.54. The molecule has 0 unspecified atom stereocenters. The van der Waals surface area contributed by atoms with Gasteiger partial charge in [0.05, 0.1) is 11.0 Å². The summed E-state index contributed by atoms with van der Waals surface area (Å²) in [6.07, 6.45) is 6.79. The molecule has 4 saturated carbocycles. The molecule has 7 heteroatoms. The number of benzene rings is 1. The second-order valence-corrected chi connectivity index (χ2v) is 10.2. The van der Waals surface area contributed by atoms with E-state index in [2.05, 4.69) is 20.6 Å². The predicted molar refractivity (Wildman–Crippen MR) is 115 cm³/mol. The van der Waals surface area contributed by atoms with E-state index in [-0.39, 0.29) is 28.8 Å². The minimum atomic E-state index is -0.591. The Labute approximate surface area is 175 Å². The molecule has 1 atom stereocenters. The van der Waals surface area contributed by atoms with Gasteiger partial charge in [0.25, 0.3) is 0 Å². The van der Waals surface area contributed by atoms with Crippen LogP contribution in [0.15, 0.2) is 23.0 Å². The number of H-pyrrole nitrogens is 2. The Morgan fingerprint density at radius 1 is 1.00 bits per heavy atom. The van der Waals surface area contributed by atoms with Gasteiger partial charge in [0.1, 0.15) is 6.04 Å². The number of aromatic amines is 2. The summed E-state index contributed by atoms with van der Waals surface area (Å²) in [6, 6.07) is 4.64. The van der Waals surface area contributed by atoms with Gasteiger partial charge in [0, 0.05) is 11.1 Å². The first kappa shape index (κ1) is 19.4. The SMILES string of the molecule is CC(C)[C@@H](NC(=O)C12CC3CC(CC(C3)C1)C2)C(=O)Nc1ccc2[nH]c(=O)[nH]c2c1. The lowest BCUT2D eigenvalue weighted by molar-refractivity contribution is -0.148. The van der Waals surface area contributed by atoms with Gasteiger partial charge in [0.15, 0.2) is 0 Å². The van der Waals surface area contributed by atoms with Crippen LogP contribution in [-0.2, 0) is 9.59 Å². The molecule has 4 aliphatic carbocycles. The number of aromatic nitrogens is 2. The lowest BCUT2D eigenvalue weighted by Gasteiger charge is -2.55. The van der Waals surface area contributed by atoms with E-state index < -0.39 is 6.04 Å². The van der Waals surface area contributed by atoms with Crippen LogP contribution in [0.2, 0.25) is 0 Å². The number of anilines is 1. The summed E-state index contributed by atoms with van der Waals surface area (Å²) >= 11 is 0. The van der Waals surface area contributed by atoms with Crippen molar-refractivity contribution in [2.24, 2.45) is 29.1 Å². The number of rotatable bonds is 5. The van der Waals surface area contributed by atoms with Crippen LogP contribution in [-0.4, -0.2) is 27.8 Å². The fourth-order valence-electron chi connectivity index (χ4n) is 6.55. The maximum absolute atomic E-state index is 13.4. The Morgan fingerprint density at radius 2 is 1.60 bits per heavy atom. The molecule has 4 aliphatic rings. The molecule has 160 valence electrons. The van der Waals surface area contributed by atoms with Gasteiger partial charge in [-0.1, -0.05) is 13.8 Å². The Balaban J connectivity index is 1.31. The topological polar surface area (TPSA) is 107 Å². The number of hydrogen-bond donors (Lipinski definition) is 4. The minimum Gasteiger partial charge on any atom is -0.344 e. The first-order valence-corrected chi connectivity index (χ1v) is 11.2. The fourth-order valence-corrected chi connectivity index (χ4v) is 6.55. The second kappa shape index (κ2) is 7.00. The highest BCUT2D eigenvalue weighted by Gasteiger charge is 2.55. The molecule has 1 aromatic carbocycles. The van der Waals surface area contributed by atoms with Gasteiger partial charge in [-0.25, -0.2) is 4.79 Å². The monoisotopic (exact) mass is 410 g/mol. The second-order valence-electron chi connectivity index (χ2n) is 10.2. The summed E-state index contributed by atoms with van der Waals surface area (Å²) in [5.74, 6) is 1.87. The average molecular weight is 411 g/mol. The molecule has 6 rings (SSSR count). The molecule has 0 aliphatic heterocycles. The third-order valence-corrected chi connectivity index (χ3v) is 7.54. The van der Waals surface area contributed by atoms with E-state index in [1.165, 1.54) is 19.3 Å². The zero-order valence-electron chi connectivity index (χ0n) is 17.6. The van der Waals surface area contributed by atoms with Gasteiger partial charge in [-0.05, 0) is 80.4 Å². The highest BCUT2D eigenvalue weighted by molar-refractivity contribution is 5.99. The van der Waals surface area contributed by atoms with Crippen LogP contribution in [0.3, 0.4) is 0 Å². The maximum atomic E-state index is 13.4. The van der Waals surface area contributed by atoms with Gasteiger partial charge in [-0.15, -0.1) is 0 Å². The zero-order chi connectivity index (χ0) is 21.0. The van der Waals surface area contributed by atoms with Crippen molar-refractivity contribution >= 4 is 28.5 Å². The van der Waals surface area contributed by atoms with E-state index in [0.717, 1.165) is 19.3 Å². The number of fused-ring (bicyclic) bond motifs is 1. The lowest BCUT2D eigenvalue weighted by Crippen LogP contribution is -2.57. The van der Waals surface area contributed by atoms with E-state index >= 15 is 0 Å². The highest BCUT2D eigenvalue weighted by Crippen LogP contribution is 2.60. The Morgan fingerprint density at radius 3 is 2.20 bits per heavy atom. The quantitative estimate of drug-likeness (QED) is 0.608. The standard InChI is InChI=1S/C23H30N4O3/c1-12(2)19(20(28)24-16-3-4-17-18(8-16)26-22(30)25-17)27-21(29)23-9-13-5-14(10-23)7-15(6-13)11-23/h3-4,8,12-15,19H,5-7,9-11H2,1-2H3,(H,24,28)(H,27,29)(H2,25,26,30)/t13?,14?,15?,19-,23?/m1/s1. The van der Waals surface area contributed by atoms with Crippen LogP contribution in [0.4, 0.5) is 5.69 Å². The molecule has 4 fully saturated rings. The van der Waals surface area contributed by atoms with Crippen LogP contribution in [0.5, 0.6) is 0 Å². The summed E-state index contributed by atoms with van der Waals surface area (Å²) in [5, 5.41) is 6.03. The molecule has 1 aromatic heterocycles. The molecule has 2 amide bonds. The first-order chi connectivity index (χ1) is 14.3. The largest absolute Gasteiger partial charge is 0.344 e. The van der Waals surface area contributed by atoms with Crippen molar-refractivity contribution in [1.29, 1.82) is 0 Å². The molecular formula is C23H30N4O3. The number of nitrogens with one attached hydrogen (secondary N) is 4. The molecule has 2 aromatic rings. The van der Waals surface area contributed by atoms with Crippen LogP contribution < -0.4 is 16.3 Å². The van der Waals surface area contributed by atoms with Crippen molar-refractivity contribution in [2.75, 3.05) is 5.32 Å². The van der Waals surface area contributed by atoms with Crippen LogP contribution in [0.25, 0.3) is 11.0 Å². The number of amides is 2. The Bertz CT molecular complexity index is 1010.